The van der Waals surface area contributed by atoms with E-state index in [9.17, 15) is 0 Å². The molecule has 0 fully saturated rings. The Bertz CT molecular complexity index is 798. The molecule has 1 unspecified atom stereocenters. The van der Waals surface area contributed by atoms with E-state index in [0.717, 1.165) is 35.1 Å². The molecule has 1 heterocycles. The third-order valence-electron chi connectivity index (χ3n) is 4.72. The number of methoxy groups -OCH3 is 2. The zero-order chi connectivity index (χ0) is 20.0. The van der Waals surface area contributed by atoms with Gasteiger partial charge in [-0.1, -0.05) is 0 Å². The van der Waals surface area contributed by atoms with Crippen LogP contribution >= 0.6 is 0 Å². The van der Waals surface area contributed by atoms with E-state index in [-0.39, 0.29) is 6.04 Å². The van der Waals surface area contributed by atoms with Gasteiger partial charge in [-0.05, 0) is 44.9 Å². The molecule has 2 N–H and O–H groups in total. The number of aromatic nitrogens is 2. The molecule has 0 saturated heterocycles. The van der Waals surface area contributed by atoms with Crippen molar-refractivity contribution in [3.63, 3.8) is 0 Å². The maximum atomic E-state index is 5.45. The third-order valence-corrected chi connectivity index (χ3v) is 4.72. The van der Waals surface area contributed by atoms with Gasteiger partial charge >= 0.3 is 0 Å². The average molecular weight is 374 g/mol. The standard InChI is InChI=1S/C20H31N5O2/c1-13(10-18-14(2)24-25(5)15(18)3)23-20(21-4)22-12-16-8-9-17(26-6)11-19(16)27-7/h8-9,11,13H,10,12H2,1-7H3,(H2,21,22,23). The van der Waals surface area contributed by atoms with Crippen LogP contribution in [0.4, 0.5) is 0 Å². The Morgan fingerprint density at radius 1 is 1.26 bits per heavy atom. The molecule has 0 spiro atoms. The zero-order valence-corrected chi connectivity index (χ0v) is 17.4. The highest BCUT2D eigenvalue weighted by molar-refractivity contribution is 5.80. The molecular weight excluding hydrogens is 342 g/mol. The summed E-state index contributed by atoms with van der Waals surface area (Å²) in [4.78, 5) is 4.33. The van der Waals surface area contributed by atoms with Crippen LogP contribution in [0.5, 0.6) is 11.5 Å². The summed E-state index contributed by atoms with van der Waals surface area (Å²) in [5.74, 6) is 2.31. The molecule has 1 aromatic carbocycles. The number of hydrogen-bond donors (Lipinski definition) is 2. The number of guanidine groups is 1. The van der Waals surface area contributed by atoms with Gasteiger partial charge in [0.25, 0.3) is 0 Å². The van der Waals surface area contributed by atoms with Crippen molar-refractivity contribution >= 4 is 5.96 Å². The highest BCUT2D eigenvalue weighted by Crippen LogP contribution is 2.24. The van der Waals surface area contributed by atoms with Crippen molar-refractivity contribution in [2.45, 2.75) is 39.8 Å². The Labute approximate surface area is 161 Å². The minimum absolute atomic E-state index is 0.218. The molecule has 2 rings (SSSR count). The van der Waals surface area contributed by atoms with Crippen molar-refractivity contribution in [2.75, 3.05) is 21.3 Å². The van der Waals surface area contributed by atoms with Gasteiger partial charge in [0.15, 0.2) is 5.96 Å². The Kier molecular flexibility index (Phi) is 7.10. The summed E-state index contributed by atoms with van der Waals surface area (Å²) in [6.07, 6.45) is 0.887. The Morgan fingerprint density at radius 3 is 2.56 bits per heavy atom. The second-order valence-corrected chi connectivity index (χ2v) is 6.63. The van der Waals surface area contributed by atoms with Crippen LogP contribution in [0.2, 0.25) is 0 Å². The highest BCUT2D eigenvalue weighted by Gasteiger charge is 2.14. The first-order valence-corrected chi connectivity index (χ1v) is 9.06. The van der Waals surface area contributed by atoms with Crippen molar-refractivity contribution in [1.82, 2.24) is 20.4 Å². The van der Waals surface area contributed by atoms with Gasteiger partial charge < -0.3 is 20.1 Å². The predicted molar refractivity (Wildman–Crippen MR) is 109 cm³/mol. The number of nitrogens with one attached hydrogen (secondary N) is 2. The van der Waals surface area contributed by atoms with E-state index in [1.807, 2.05) is 29.9 Å². The summed E-state index contributed by atoms with van der Waals surface area (Å²) in [6.45, 7) is 6.90. The van der Waals surface area contributed by atoms with E-state index < -0.39 is 0 Å². The van der Waals surface area contributed by atoms with E-state index in [2.05, 4.69) is 41.5 Å². The summed E-state index contributed by atoms with van der Waals surface area (Å²) >= 11 is 0. The summed E-state index contributed by atoms with van der Waals surface area (Å²) in [5, 5.41) is 11.3. The maximum absolute atomic E-state index is 5.45. The summed E-state index contributed by atoms with van der Waals surface area (Å²) in [6, 6.07) is 6.01. The van der Waals surface area contributed by atoms with Gasteiger partial charge in [-0.3, -0.25) is 9.67 Å². The van der Waals surface area contributed by atoms with E-state index in [0.29, 0.717) is 6.54 Å². The fraction of sp³-hybridized carbons (Fsp3) is 0.500. The molecule has 0 aliphatic heterocycles. The highest BCUT2D eigenvalue weighted by atomic mass is 16.5. The first-order valence-electron chi connectivity index (χ1n) is 9.06. The van der Waals surface area contributed by atoms with Crippen molar-refractivity contribution in [3.05, 3.63) is 40.7 Å². The minimum atomic E-state index is 0.218. The van der Waals surface area contributed by atoms with Crippen molar-refractivity contribution in [2.24, 2.45) is 12.0 Å². The molecule has 0 amide bonds. The molecule has 0 radical (unpaired) electrons. The lowest BCUT2D eigenvalue weighted by atomic mass is 10.1. The topological polar surface area (TPSA) is 72.7 Å². The maximum Gasteiger partial charge on any atom is 0.191 e. The van der Waals surface area contributed by atoms with E-state index >= 15 is 0 Å². The number of nitrogens with zero attached hydrogens (tertiary/aromatic N) is 3. The second kappa shape index (κ2) is 9.30. The van der Waals surface area contributed by atoms with Crippen LogP contribution in [0.25, 0.3) is 0 Å². The molecule has 0 saturated carbocycles. The fourth-order valence-electron chi connectivity index (χ4n) is 3.07. The molecule has 27 heavy (non-hydrogen) atoms. The Hall–Kier alpha value is -2.70. The van der Waals surface area contributed by atoms with E-state index in [1.54, 1.807) is 21.3 Å². The first-order chi connectivity index (χ1) is 12.9. The molecule has 2 aromatic rings. The van der Waals surface area contributed by atoms with Crippen LogP contribution in [0.3, 0.4) is 0 Å². The SMILES string of the molecule is CN=C(NCc1ccc(OC)cc1OC)NC(C)Cc1c(C)nn(C)c1C. The van der Waals surface area contributed by atoms with Crippen molar-refractivity contribution in [1.29, 1.82) is 0 Å². The molecule has 1 atom stereocenters. The molecule has 0 aliphatic carbocycles. The normalized spacial score (nSPS) is 12.6. The van der Waals surface area contributed by atoms with Crippen LogP contribution in [0.1, 0.15) is 29.4 Å². The molecule has 0 aliphatic rings. The van der Waals surface area contributed by atoms with Crippen LogP contribution in [0.15, 0.2) is 23.2 Å². The molecule has 7 heteroatoms. The van der Waals surface area contributed by atoms with Gasteiger partial charge in [0.1, 0.15) is 11.5 Å². The molecular formula is C20H31N5O2. The molecule has 1 aromatic heterocycles. The van der Waals surface area contributed by atoms with Gasteiger partial charge in [0.2, 0.25) is 0 Å². The van der Waals surface area contributed by atoms with Gasteiger partial charge in [-0.15, -0.1) is 0 Å². The summed E-state index contributed by atoms with van der Waals surface area (Å²) in [7, 11) is 7.05. The molecule has 0 bridgehead atoms. The van der Waals surface area contributed by atoms with Crippen molar-refractivity contribution < 1.29 is 9.47 Å². The largest absolute Gasteiger partial charge is 0.497 e. The lowest BCUT2D eigenvalue weighted by molar-refractivity contribution is 0.390. The van der Waals surface area contributed by atoms with Gasteiger partial charge in [-0.25, -0.2) is 0 Å². The number of aryl methyl sites for hydroxylation is 2. The van der Waals surface area contributed by atoms with E-state index in [4.69, 9.17) is 9.47 Å². The van der Waals surface area contributed by atoms with Crippen LogP contribution in [-0.2, 0) is 20.0 Å². The van der Waals surface area contributed by atoms with Crippen LogP contribution in [-0.4, -0.2) is 43.0 Å². The number of aliphatic imine (C=N–C) groups is 1. The monoisotopic (exact) mass is 373 g/mol. The Balaban J connectivity index is 1.98. The van der Waals surface area contributed by atoms with Gasteiger partial charge in [0, 0.05) is 44.0 Å². The Morgan fingerprint density at radius 2 is 2.00 bits per heavy atom. The van der Waals surface area contributed by atoms with Crippen LogP contribution in [0, 0.1) is 13.8 Å². The number of hydrogen-bond acceptors (Lipinski definition) is 4. The number of ether oxygens (including phenoxy) is 2. The third kappa shape index (κ3) is 5.15. The predicted octanol–water partition coefficient (Wildman–Crippen LogP) is 2.35. The first kappa shape index (κ1) is 20.6. The smallest absolute Gasteiger partial charge is 0.191 e. The van der Waals surface area contributed by atoms with Crippen molar-refractivity contribution in [3.8, 4) is 11.5 Å². The fourth-order valence-corrected chi connectivity index (χ4v) is 3.07. The number of rotatable bonds is 7. The second-order valence-electron chi connectivity index (χ2n) is 6.63. The lowest BCUT2D eigenvalue weighted by Crippen LogP contribution is -2.42. The van der Waals surface area contributed by atoms with Gasteiger partial charge in [0.05, 0.1) is 19.9 Å². The minimum Gasteiger partial charge on any atom is -0.497 e. The van der Waals surface area contributed by atoms with Crippen LogP contribution < -0.4 is 20.1 Å². The van der Waals surface area contributed by atoms with Gasteiger partial charge in [-0.2, -0.15) is 5.10 Å². The molecule has 7 nitrogen and oxygen atoms in total. The average Bonchev–Trinajstić information content (AvgIpc) is 2.90. The lowest BCUT2D eigenvalue weighted by Gasteiger charge is -2.19. The quantitative estimate of drug-likeness (QED) is 0.576. The molecule has 148 valence electrons. The zero-order valence-electron chi connectivity index (χ0n) is 17.4. The van der Waals surface area contributed by atoms with E-state index in [1.165, 1.54) is 11.3 Å². The number of benzene rings is 1. The summed E-state index contributed by atoms with van der Waals surface area (Å²) in [5.41, 5.74) is 4.60. The summed E-state index contributed by atoms with van der Waals surface area (Å²) < 4.78 is 12.6.